The van der Waals surface area contributed by atoms with Gasteiger partial charge in [-0.3, -0.25) is 4.79 Å². The van der Waals surface area contributed by atoms with Gasteiger partial charge in [-0.15, -0.1) is 0 Å². The molecular weight excluding hydrogens is 373 g/mol. The maximum atomic E-state index is 12.9. The SMILES string of the molecule is CC1=C(C(=O)Nc2ccc(C)c(Cl)c2)[C@@H](c2ccc(Cl)cc2)NC(=O)N1. The first kappa shape index (κ1) is 18.3. The van der Waals surface area contributed by atoms with Gasteiger partial charge in [0.15, 0.2) is 0 Å². The van der Waals surface area contributed by atoms with Gasteiger partial charge >= 0.3 is 6.03 Å². The van der Waals surface area contributed by atoms with Crippen LogP contribution in [0.2, 0.25) is 10.0 Å². The summed E-state index contributed by atoms with van der Waals surface area (Å²) in [4.78, 5) is 24.8. The quantitative estimate of drug-likeness (QED) is 0.719. The predicted octanol–water partition coefficient (Wildman–Crippen LogP) is 4.57. The first-order chi connectivity index (χ1) is 12.3. The monoisotopic (exact) mass is 389 g/mol. The third-order valence-corrected chi connectivity index (χ3v) is 4.81. The third-order valence-electron chi connectivity index (χ3n) is 4.15. The van der Waals surface area contributed by atoms with Crippen LogP contribution in [0.5, 0.6) is 0 Å². The van der Waals surface area contributed by atoms with E-state index in [1.165, 1.54) is 0 Å². The first-order valence-electron chi connectivity index (χ1n) is 7.96. The Balaban J connectivity index is 1.93. The summed E-state index contributed by atoms with van der Waals surface area (Å²) < 4.78 is 0. The Kier molecular flexibility index (Phi) is 5.20. The maximum Gasteiger partial charge on any atom is 0.319 e. The summed E-state index contributed by atoms with van der Waals surface area (Å²) in [5.74, 6) is -0.324. The number of hydrogen-bond acceptors (Lipinski definition) is 2. The second kappa shape index (κ2) is 7.40. The molecule has 1 atom stereocenters. The first-order valence-corrected chi connectivity index (χ1v) is 8.72. The zero-order valence-corrected chi connectivity index (χ0v) is 15.7. The second-order valence-electron chi connectivity index (χ2n) is 6.04. The topological polar surface area (TPSA) is 70.2 Å². The van der Waals surface area contributed by atoms with Crippen molar-refractivity contribution in [3.63, 3.8) is 0 Å². The van der Waals surface area contributed by atoms with Crippen LogP contribution in [0.3, 0.4) is 0 Å². The molecule has 0 fully saturated rings. The molecule has 1 heterocycles. The molecule has 3 N–H and O–H groups in total. The minimum Gasteiger partial charge on any atom is -0.327 e. The van der Waals surface area contributed by atoms with Crippen molar-refractivity contribution in [1.29, 1.82) is 0 Å². The summed E-state index contributed by atoms with van der Waals surface area (Å²) >= 11 is 12.1. The van der Waals surface area contributed by atoms with Crippen LogP contribution in [-0.4, -0.2) is 11.9 Å². The van der Waals surface area contributed by atoms with Crippen LogP contribution in [0.4, 0.5) is 10.5 Å². The second-order valence-corrected chi connectivity index (χ2v) is 6.88. The number of hydrogen-bond donors (Lipinski definition) is 3. The molecule has 1 aliphatic rings. The number of halogens is 2. The molecule has 3 amide bonds. The zero-order chi connectivity index (χ0) is 18.8. The van der Waals surface area contributed by atoms with Gasteiger partial charge in [-0.25, -0.2) is 4.79 Å². The van der Waals surface area contributed by atoms with Crippen molar-refractivity contribution < 1.29 is 9.59 Å². The summed E-state index contributed by atoms with van der Waals surface area (Å²) in [6.07, 6.45) is 0. The number of carbonyl (C=O) groups excluding carboxylic acids is 2. The van der Waals surface area contributed by atoms with E-state index < -0.39 is 6.04 Å². The normalized spacial score (nSPS) is 16.8. The summed E-state index contributed by atoms with van der Waals surface area (Å²) in [5, 5.41) is 9.41. The van der Waals surface area contributed by atoms with Crippen molar-refractivity contribution in [2.75, 3.05) is 5.32 Å². The molecule has 0 unspecified atom stereocenters. The summed E-state index contributed by atoms with van der Waals surface area (Å²) in [6, 6.07) is 11.4. The van der Waals surface area contributed by atoms with Crippen LogP contribution in [0, 0.1) is 6.92 Å². The van der Waals surface area contributed by atoms with Crippen molar-refractivity contribution in [3.8, 4) is 0 Å². The molecule has 7 heteroatoms. The third kappa shape index (κ3) is 3.84. The number of carbonyl (C=O) groups is 2. The van der Waals surface area contributed by atoms with Gasteiger partial charge in [-0.2, -0.15) is 0 Å². The molecule has 134 valence electrons. The summed E-state index contributed by atoms with van der Waals surface area (Å²) in [7, 11) is 0. The molecular formula is C19H17Cl2N3O2. The van der Waals surface area contributed by atoms with Crippen molar-refractivity contribution >= 4 is 40.8 Å². The van der Waals surface area contributed by atoms with Crippen molar-refractivity contribution in [1.82, 2.24) is 10.6 Å². The Hall–Kier alpha value is -2.50. The maximum absolute atomic E-state index is 12.9. The average Bonchev–Trinajstić information content (AvgIpc) is 2.58. The molecule has 2 aromatic carbocycles. The largest absolute Gasteiger partial charge is 0.327 e. The van der Waals surface area contributed by atoms with E-state index in [4.69, 9.17) is 23.2 Å². The van der Waals surface area contributed by atoms with Crippen LogP contribution in [0.25, 0.3) is 0 Å². The van der Waals surface area contributed by atoms with E-state index in [-0.39, 0.29) is 11.9 Å². The highest BCUT2D eigenvalue weighted by molar-refractivity contribution is 6.31. The van der Waals surface area contributed by atoms with E-state index in [0.29, 0.717) is 27.0 Å². The van der Waals surface area contributed by atoms with Crippen molar-refractivity contribution in [3.05, 3.63) is 74.9 Å². The number of aryl methyl sites for hydroxylation is 1. The Labute approximate surface area is 161 Å². The summed E-state index contributed by atoms with van der Waals surface area (Å²) in [5.41, 5.74) is 3.17. The molecule has 2 aromatic rings. The van der Waals surface area contributed by atoms with E-state index >= 15 is 0 Å². The molecule has 0 aliphatic carbocycles. The fourth-order valence-corrected chi connectivity index (χ4v) is 3.08. The van der Waals surface area contributed by atoms with E-state index in [1.807, 2.05) is 13.0 Å². The average molecular weight is 390 g/mol. The zero-order valence-electron chi connectivity index (χ0n) is 14.2. The van der Waals surface area contributed by atoms with Gasteiger partial charge in [0.1, 0.15) is 0 Å². The molecule has 0 spiro atoms. The molecule has 0 saturated carbocycles. The molecule has 0 aromatic heterocycles. The van der Waals surface area contributed by atoms with E-state index in [1.54, 1.807) is 43.3 Å². The molecule has 0 bridgehead atoms. The van der Waals surface area contributed by atoms with E-state index in [0.717, 1.165) is 11.1 Å². The highest BCUT2D eigenvalue weighted by atomic mass is 35.5. The van der Waals surface area contributed by atoms with E-state index in [9.17, 15) is 9.59 Å². The Morgan fingerprint density at radius 3 is 2.42 bits per heavy atom. The lowest BCUT2D eigenvalue weighted by Gasteiger charge is -2.28. The number of amides is 3. The van der Waals surface area contributed by atoms with Crippen molar-refractivity contribution in [2.24, 2.45) is 0 Å². The smallest absolute Gasteiger partial charge is 0.319 e. The number of urea groups is 1. The lowest BCUT2D eigenvalue weighted by Crippen LogP contribution is -2.45. The fraction of sp³-hybridized carbons (Fsp3) is 0.158. The molecule has 3 rings (SSSR count). The van der Waals surface area contributed by atoms with Gasteiger partial charge in [-0.05, 0) is 49.2 Å². The lowest BCUT2D eigenvalue weighted by atomic mass is 9.95. The van der Waals surface area contributed by atoms with Gasteiger partial charge in [-0.1, -0.05) is 41.4 Å². The van der Waals surface area contributed by atoms with Gasteiger partial charge in [0, 0.05) is 21.4 Å². The number of allylic oxidation sites excluding steroid dienone is 1. The minimum atomic E-state index is -0.582. The van der Waals surface area contributed by atoms with E-state index in [2.05, 4.69) is 16.0 Å². The standard InChI is InChI=1S/C19H17Cl2N3O2/c1-10-3-8-14(9-15(10)21)23-18(25)16-11(2)22-19(26)24-17(16)12-4-6-13(20)7-5-12/h3-9,17H,1-2H3,(H,23,25)(H2,22,24,26)/t17-/m1/s1. The van der Waals surface area contributed by atoms with Gasteiger partial charge in [0.25, 0.3) is 5.91 Å². The van der Waals surface area contributed by atoms with Gasteiger partial charge < -0.3 is 16.0 Å². The van der Waals surface area contributed by atoms with Crippen LogP contribution >= 0.6 is 23.2 Å². The number of nitrogens with one attached hydrogen (secondary N) is 3. The van der Waals surface area contributed by atoms with Crippen LogP contribution in [-0.2, 0) is 4.79 Å². The highest BCUT2D eigenvalue weighted by Crippen LogP contribution is 2.29. The van der Waals surface area contributed by atoms with Crippen molar-refractivity contribution in [2.45, 2.75) is 19.9 Å². The molecule has 0 radical (unpaired) electrons. The number of anilines is 1. The fourth-order valence-electron chi connectivity index (χ4n) is 2.77. The molecule has 1 aliphatic heterocycles. The molecule has 5 nitrogen and oxygen atoms in total. The van der Waals surface area contributed by atoms with Gasteiger partial charge in [0.2, 0.25) is 0 Å². The number of rotatable bonds is 3. The Morgan fingerprint density at radius 1 is 1.08 bits per heavy atom. The van der Waals surface area contributed by atoms with Crippen LogP contribution < -0.4 is 16.0 Å². The number of benzene rings is 2. The Morgan fingerprint density at radius 2 is 1.77 bits per heavy atom. The lowest BCUT2D eigenvalue weighted by molar-refractivity contribution is -0.113. The minimum absolute atomic E-state index is 0.324. The van der Waals surface area contributed by atoms with Gasteiger partial charge in [0.05, 0.1) is 11.6 Å². The summed E-state index contributed by atoms with van der Waals surface area (Å²) in [6.45, 7) is 3.58. The van der Waals surface area contributed by atoms with Crippen LogP contribution in [0.1, 0.15) is 24.1 Å². The predicted molar refractivity (Wildman–Crippen MR) is 103 cm³/mol. The molecule has 26 heavy (non-hydrogen) atoms. The van der Waals surface area contributed by atoms with Crippen LogP contribution in [0.15, 0.2) is 53.7 Å². The molecule has 0 saturated heterocycles. The highest BCUT2D eigenvalue weighted by Gasteiger charge is 2.31. The Bertz CT molecular complexity index is 908.